The van der Waals surface area contributed by atoms with E-state index in [0.29, 0.717) is 0 Å². The normalized spacial score (nSPS) is 10.7. The van der Waals surface area contributed by atoms with Crippen LogP contribution in [0.5, 0.6) is 0 Å². The second-order valence-electron chi connectivity index (χ2n) is 5.12. The molecule has 0 saturated heterocycles. The summed E-state index contributed by atoms with van der Waals surface area (Å²) in [6.45, 7) is 4.97. The van der Waals surface area contributed by atoms with Crippen LogP contribution in [0, 0.1) is 13.8 Å². The van der Waals surface area contributed by atoms with E-state index < -0.39 is 0 Å². The maximum absolute atomic E-state index is 4.65. The van der Waals surface area contributed by atoms with Crippen molar-refractivity contribution < 1.29 is 0 Å². The van der Waals surface area contributed by atoms with Crippen molar-refractivity contribution in [1.82, 2.24) is 4.98 Å². The average molecular weight is 262 g/mol. The van der Waals surface area contributed by atoms with Gasteiger partial charge in [-0.3, -0.25) is 4.98 Å². The van der Waals surface area contributed by atoms with E-state index in [0.717, 1.165) is 23.4 Å². The number of fused-ring (bicyclic) bond motifs is 1. The molecule has 1 heterocycles. The summed E-state index contributed by atoms with van der Waals surface area (Å²) >= 11 is 0. The molecule has 2 aromatic carbocycles. The molecule has 20 heavy (non-hydrogen) atoms. The lowest BCUT2D eigenvalue weighted by molar-refractivity contribution is 1.14. The number of rotatable bonds is 3. The quantitative estimate of drug-likeness (QED) is 0.753. The Morgan fingerprint density at radius 1 is 0.950 bits per heavy atom. The Labute approximate surface area is 119 Å². The Hall–Kier alpha value is -2.35. The molecule has 0 aliphatic heterocycles. The van der Waals surface area contributed by atoms with Gasteiger partial charge in [-0.1, -0.05) is 48.5 Å². The summed E-state index contributed by atoms with van der Waals surface area (Å²) in [7, 11) is 0. The van der Waals surface area contributed by atoms with Crippen molar-refractivity contribution in [3.63, 3.8) is 0 Å². The van der Waals surface area contributed by atoms with Gasteiger partial charge in [0.1, 0.15) is 0 Å². The van der Waals surface area contributed by atoms with Gasteiger partial charge in [0.2, 0.25) is 0 Å². The first-order valence-corrected chi connectivity index (χ1v) is 6.89. The van der Waals surface area contributed by atoms with Crippen LogP contribution in [0.15, 0.2) is 54.6 Å². The monoisotopic (exact) mass is 262 g/mol. The zero-order valence-electron chi connectivity index (χ0n) is 11.9. The molecule has 0 radical (unpaired) electrons. The fourth-order valence-electron chi connectivity index (χ4n) is 2.46. The Morgan fingerprint density at radius 3 is 2.55 bits per heavy atom. The van der Waals surface area contributed by atoms with Gasteiger partial charge < -0.3 is 5.32 Å². The summed E-state index contributed by atoms with van der Waals surface area (Å²) in [4.78, 5) is 4.65. The van der Waals surface area contributed by atoms with Gasteiger partial charge in [-0.05, 0) is 31.0 Å². The van der Waals surface area contributed by atoms with Gasteiger partial charge in [0.05, 0.1) is 5.52 Å². The largest absolute Gasteiger partial charge is 0.380 e. The van der Waals surface area contributed by atoms with E-state index >= 15 is 0 Å². The van der Waals surface area contributed by atoms with E-state index in [1.807, 2.05) is 13.0 Å². The molecule has 1 aromatic heterocycles. The molecule has 2 heteroatoms. The van der Waals surface area contributed by atoms with Crippen LogP contribution in [0.25, 0.3) is 10.9 Å². The van der Waals surface area contributed by atoms with Gasteiger partial charge in [-0.15, -0.1) is 0 Å². The van der Waals surface area contributed by atoms with Crippen molar-refractivity contribution in [3.8, 4) is 0 Å². The molecule has 0 aliphatic carbocycles. The van der Waals surface area contributed by atoms with Crippen molar-refractivity contribution in [2.24, 2.45) is 0 Å². The average Bonchev–Trinajstić information content (AvgIpc) is 2.47. The topological polar surface area (TPSA) is 24.9 Å². The first-order chi connectivity index (χ1) is 9.74. The number of para-hydroxylation sites is 1. The maximum Gasteiger partial charge on any atom is 0.0755 e. The van der Waals surface area contributed by atoms with Crippen LogP contribution in [-0.2, 0) is 6.54 Å². The molecule has 100 valence electrons. The third-order valence-electron chi connectivity index (χ3n) is 3.50. The lowest BCUT2D eigenvalue weighted by Gasteiger charge is -2.12. The number of nitrogens with zero attached hydrogens (tertiary/aromatic N) is 1. The number of aromatic nitrogens is 1. The Morgan fingerprint density at radius 2 is 1.75 bits per heavy atom. The molecular weight excluding hydrogens is 244 g/mol. The molecule has 3 rings (SSSR count). The van der Waals surface area contributed by atoms with E-state index in [1.54, 1.807) is 0 Å². The molecule has 0 aliphatic rings. The Balaban J connectivity index is 1.97. The van der Waals surface area contributed by atoms with Crippen LogP contribution in [0.1, 0.15) is 16.8 Å². The summed E-state index contributed by atoms with van der Waals surface area (Å²) < 4.78 is 0. The molecule has 0 bridgehead atoms. The highest BCUT2D eigenvalue weighted by Gasteiger charge is 2.05. The highest BCUT2D eigenvalue weighted by Crippen LogP contribution is 2.25. The Kier molecular flexibility index (Phi) is 3.38. The third-order valence-corrected chi connectivity index (χ3v) is 3.50. The summed E-state index contributed by atoms with van der Waals surface area (Å²) in [5.74, 6) is 0. The van der Waals surface area contributed by atoms with Gasteiger partial charge in [-0.2, -0.15) is 0 Å². The second kappa shape index (κ2) is 5.33. The van der Waals surface area contributed by atoms with Crippen LogP contribution in [0.4, 0.5) is 5.69 Å². The van der Waals surface area contributed by atoms with Gasteiger partial charge in [0.25, 0.3) is 0 Å². The molecule has 0 amide bonds. The Bertz CT molecular complexity index is 733. The zero-order chi connectivity index (χ0) is 13.9. The van der Waals surface area contributed by atoms with Gasteiger partial charge in [0.15, 0.2) is 0 Å². The van der Waals surface area contributed by atoms with E-state index in [4.69, 9.17) is 0 Å². The fourth-order valence-corrected chi connectivity index (χ4v) is 2.46. The van der Waals surface area contributed by atoms with Crippen LogP contribution >= 0.6 is 0 Å². The second-order valence-corrected chi connectivity index (χ2v) is 5.12. The minimum absolute atomic E-state index is 0.827. The molecule has 0 saturated carbocycles. The van der Waals surface area contributed by atoms with Gasteiger partial charge >= 0.3 is 0 Å². The molecule has 0 spiro atoms. The molecule has 2 nitrogen and oxygen atoms in total. The summed E-state index contributed by atoms with van der Waals surface area (Å²) in [5, 5.41) is 4.72. The van der Waals surface area contributed by atoms with Crippen molar-refractivity contribution in [2.45, 2.75) is 20.4 Å². The fraction of sp³-hybridized carbons (Fsp3) is 0.167. The number of pyridine rings is 1. The highest BCUT2D eigenvalue weighted by molar-refractivity contribution is 5.93. The minimum atomic E-state index is 0.827. The van der Waals surface area contributed by atoms with Gasteiger partial charge in [0, 0.05) is 23.3 Å². The summed E-state index contributed by atoms with van der Waals surface area (Å²) in [5.41, 5.74) is 5.78. The molecule has 0 atom stereocenters. The lowest BCUT2D eigenvalue weighted by atomic mass is 10.1. The first-order valence-electron chi connectivity index (χ1n) is 6.89. The molecule has 0 fully saturated rings. The number of anilines is 1. The number of nitrogens with one attached hydrogen (secondary N) is 1. The SMILES string of the molecule is Cc1cc(NCc2ccccc2)c2cccc(C)c2n1. The number of hydrogen-bond acceptors (Lipinski definition) is 2. The zero-order valence-corrected chi connectivity index (χ0v) is 11.9. The van der Waals surface area contributed by atoms with E-state index in [-0.39, 0.29) is 0 Å². The highest BCUT2D eigenvalue weighted by atomic mass is 14.9. The standard InChI is InChI=1S/C18H18N2/c1-13-7-6-10-16-17(11-14(2)20-18(13)16)19-12-15-8-4-3-5-9-15/h3-11H,12H2,1-2H3,(H,19,20). The van der Waals surface area contributed by atoms with Crippen LogP contribution in [0.2, 0.25) is 0 Å². The summed E-state index contributed by atoms with van der Waals surface area (Å²) in [6.07, 6.45) is 0. The predicted octanol–water partition coefficient (Wildman–Crippen LogP) is 4.46. The molecule has 0 unspecified atom stereocenters. The number of aryl methyl sites for hydroxylation is 2. The molecule has 1 N–H and O–H groups in total. The predicted molar refractivity (Wildman–Crippen MR) is 85.0 cm³/mol. The first kappa shape index (κ1) is 12.7. The van der Waals surface area contributed by atoms with Crippen molar-refractivity contribution >= 4 is 16.6 Å². The van der Waals surface area contributed by atoms with Crippen LogP contribution < -0.4 is 5.32 Å². The van der Waals surface area contributed by atoms with E-state index in [1.165, 1.54) is 16.5 Å². The molecule has 3 aromatic rings. The van der Waals surface area contributed by atoms with E-state index in [2.05, 4.69) is 65.8 Å². The van der Waals surface area contributed by atoms with Crippen molar-refractivity contribution in [2.75, 3.05) is 5.32 Å². The molecular formula is C18H18N2. The van der Waals surface area contributed by atoms with Crippen molar-refractivity contribution in [3.05, 3.63) is 71.4 Å². The maximum atomic E-state index is 4.65. The van der Waals surface area contributed by atoms with Crippen molar-refractivity contribution in [1.29, 1.82) is 0 Å². The van der Waals surface area contributed by atoms with Gasteiger partial charge in [-0.25, -0.2) is 0 Å². The lowest BCUT2D eigenvalue weighted by Crippen LogP contribution is -2.01. The smallest absolute Gasteiger partial charge is 0.0755 e. The minimum Gasteiger partial charge on any atom is -0.380 e. The third kappa shape index (κ3) is 2.50. The number of hydrogen-bond donors (Lipinski definition) is 1. The van der Waals surface area contributed by atoms with Crippen LogP contribution in [0.3, 0.4) is 0 Å². The van der Waals surface area contributed by atoms with Crippen LogP contribution in [-0.4, -0.2) is 4.98 Å². The number of benzene rings is 2. The summed E-state index contributed by atoms with van der Waals surface area (Å²) in [6, 6.07) is 18.9. The van der Waals surface area contributed by atoms with E-state index in [9.17, 15) is 0 Å².